The summed E-state index contributed by atoms with van der Waals surface area (Å²) in [4.78, 5) is 12.2. The van der Waals surface area contributed by atoms with E-state index in [1.165, 1.54) is 11.8 Å². The second-order valence-electron chi connectivity index (χ2n) is 2.11. The molecule has 0 spiro atoms. The highest BCUT2D eigenvalue weighted by Gasteiger charge is 2.04. The SMILES string of the molecule is CCOc1nc(NC)nc(SC)n1. The normalized spacial score (nSPS) is 9.77. The van der Waals surface area contributed by atoms with Gasteiger partial charge in [0.05, 0.1) is 6.61 Å². The molecular weight excluding hydrogens is 188 g/mol. The predicted molar refractivity (Wildman–Crippen MR) is 52.3 cm³/mol. The third-order valence-electron chi connectivity index (χ3n) is 1.27. The summed E-state index contributed by atoms with van der Waals surface area (Å²) >= 11 is 1.46. The highest BCUT2D eigenvalue weighted by molar-refractivity contribution is 7.98. The molecular formula is C7H12N4OS. The van der Waals surface area contributed by atoms with Crippen LogP contribution in [0.3, 0.4) is 0 Å². The van der Waals surface area contributed by atoms with Crippen LogP contribution in [0.15, 0.2) is 5.16 Å². The largest absolute Gasteiger partial charge is 0.464 e. The quantitative estimate of drug-likeness (QED) is 0.733. The highest BCUT2D eigenvalue weighted by Crippen LogP contribution is 2.14. The fourth-order valence-electron chi connectivity index (χ4n) is 0.735. The second-order valence-corrected chi connectivity index (χ2v) is 2.88. The van der Waals surface area contributed by atoms with Crippen molar-refractivity contribution in [2.75, 3.05) is 25.2 Å². The number of aromatic nitrogens is 3. The van der Waals surface area contributed by atoms with Crippen molar-refractivity contribution >= 4 is 17.7 Å². The molecule has 0 aliphatic rings. The molecule has 0 atom stereocenters. The predicted octanol–water partition coefficient (Wildman–Crippen LogP) is 1.03. The zero-order valence-corrected chi connectivity index (χ0v) is 8.68. The molecule has 1 rings (SSSR count). The first-order valence-corrected chi connectivity index (χ1v) is 5.13. The zero-order valence-electron chi connectivity index (χ0n) is 7.87. The topological polar surface area (TPSA) is 59.9 Å². The Labute approximate surface area is 81.3 Å². The Balaban J connectivity index is 2.93. The van der Waals surface area contributed by atoms with E-state index in [0.717, 1.165) is 0 Å². The molecule has 0 saturated heterocycles. The number of rotatable bonds is 4. The zero-order chi connectivity index (χ0) is 9.68. The lowest BCUT2D eigenvalue weighted by Gasteiger charge is -2.04. The van der Waals surface area contributed by atoms with Crippen LogP contribution in [-0.2, 0) is 0 Å². The van der Waals surface area contributed by atoms with Crippen molar-refractivity contribution in [3.05, 3.63) is 0 Å². The number of nitrogens with one attached hydrogen (secondary N) is 1. The molecule has 0 amide bonds. The molecule has 0 saturated carbocycles. The molecule has 13 heavy (non-hydrogen) atoms. The molecule has 0 unspecified atom stereocenters. The molecule has 0 aromatic carbocycles. The van der Waals surface area contributed by atoms with E-state index in [0.29, 0.717) is 23.7 Å². The number of thioether (sulfide) groups is 1. The third kappa shape index (κ3) is 2.73. The van der Waals surface area contributed by atoms with Crippen molar-refractivity contribution in [3.8, 4) is 6.01 Å². The molecule has 0 aliphatic carbocycles. The lowest BCUT2D eigenvalue weighted by atomic mass is 10.8. The molecule has 1 aromatic rings. The van der Waals surface area contributed by atoms with Gasteiger partial charge in [-0.2, -0.15) is 15.0 Å². The van der Waals surface area contributed by atoms with Crippen LogP contribution in [0, 0.1) is 0 Å². The maximum atomic E-state index is 5.18. The van der Waals surface area contributed by atoms with Gasteiger partial charge in [-0.05, 0) is 13.2 Å². The van der Waals surface area contributed by atoms with E-state index >= 15 is 0 Å². The molecule has 1 aromatic heterocycles. The molecule has 0 fully saturated rings. The Kier molecular flexibility index (Phi) is 3.75. The van der Waals surface area contributed by atoms with Gasteiger partial charge in [-0.3, -0.25) is 0 Å². The Morgan fingerprint density at radius 1 is 1.38 bits per heavy atom. The van der Waals surface area contributed by atoms with Crippen molar-refractivity contribution in [2.45, 2.75) is 12.1 Å². The first kappa shape index (κ1) is 10.0. The Morgan fingerprint density at radius 2 is 2.15 bits per heavy atom. The third-order valence-corrected chi connectivity index (χ3v) is 1.82. The molecule has 1 N–H and O–H groups in total. The number of anilines is 1. The van der Waals surface area contributed by atoms with Gasteiger partial charge in [0, 0.05) is 7.05 Å². The van der Waals surface area contributed by atoms with Crippen LogP contribution in [0.5, 0.6) is 6.01 Å². The maximum Gasteiger partial charge on any atom is 0.322 e. The van der Waals surface area contributed by atoms with Gasteiger partial charge in [0.15, 0.2) is 5.16 Å². The monoisotopic (exact) mass is 200 g/mol. The first-order valence-electron chi connectivity index (χ1n) is 3.90. The van der Waals surface area contributed by atoms with E-state index in [-0.39, 0.29) is 0 Å². The first-order chi connectivity index (χ1) is 6.30. The molecule has 0 bridgehead atoms. The molecule has 0 aliphatic heterocycles. The molecule has 6 heteroatoms. The second kappa shape index (κ2) is 4.86. The fourth-order valence-corrected chi connectivity index (χ4v) is 1.08. The molecule has 5 nitrogen and oxygen atoms in total. The van der Waals surface area contributed by atoms with Crippen molar-refractivity contribution in [1.82, 2.24) is 15.0 Å². The minimum Gasteiger partial charge on any atom is -0.464 e. The number of hydrogen-bond acceptors (Lipinski definition) is 6. The summed E-state index contributed by atoms with van der Waals surface area (Å²) in [6.45, 7) is 2.45. The van der Waals surface area contributed by atoms with E-state index in [1.807, 2.05) is 13.2 Å². The van der Waals surface area contributed by atoms with E-state index in [2.05, 4.69) is 20.3 Å². The van der Waals surface area contributed by atoms with Crippen LogP contribution in [0.25, 0.3) is 0 Å². The summed E-state index contributed by atoms with van der Waals surface area (Å²) in [5, 5.41) is 3.50. The lowest BCUT2D eigenvalue weighted by molar-refractivity contribution is 0.308. The smallest absolute Gasteiger partial charge is 0.322 e. The highest BCUT2D eigenvalue weighted by atomic mass is 32.2. The van der Waals surface area contributed by atoms with Crippen LogP contribution in [0.1, 0.15) is 6.92 Å². The minimum atomic E-state index is 0.367. The summed E-state index contributed by atoms with van der Waals surface area (Å²) < 4.78 is 5.18. The van der Waals surface area contributed by atoms with Crippen LogP contribution in [0.2, 0.25) is 0 Å². The van der Waals surface area contributed by atoms with E-state index in [9.17, 15) is 0 Å². The van der Waals surface area contributed by atoms with E-state index < -0.39 is 0 Å². The summed E-state index contributed by atoms with van der Waals surface area (Å²) in [6, 6.07) is 0.367. The van der Waals surface area contributed by atoms with Crippen molar-refractivity contribution < 1.29 is 4.74 Å². The van der Waals surface area contributed by atoms with Crippen molar-refractivity contribution in [1.29, 1.82) is 0 Å². The van der Waals surface area contributed by atoms with Gasteiger partial charge in [-0.25, -0.2) is 0 Å². The maximum absolute atomic E-state index is 5.18. The Hall–Kier alpha value is -1.04. The summed E-state index contributed by atoms with van der Waals surface area (Å²) in [5.41, 5.74) is 0. The van der Waals surface area contributed by atoms with Gasteiger partial charge >= 0.3 is 6.01 Å². The van der Waals surface area contributed by atoms with Gasteiger partial charge in [0.2, 0.25) is 5.95 Å². The fraction of sp³-hybridized carbons (Fsp3) is 0.571. The van der Waals surface area contributed by atoms with Crippen LogP contribution in [-0.4, -0.2) is 34.9 Å². The average Bonchev–Trinajstić information content (AvgIpc) is 2.17. The van der Waals surface area contributed by atoms with Crippen molar-refractivity contribution in [2.24, 2.45) is 0 Å². The van der Waals surface area contributed by atoms with Crippen LogP contribution < -0.4 is 10.1 Å². The van der Waals surface area contributed by atoms with E-state index in [1.54, 1.807) is 7.05 Å². The Bertz CT molecular complexity index is 259. The van der Waals surface area contributed by atoms with Gasteiger partial charge in [0.1, 0.15) is 0 Å². The van der Waals surface area contributed by atoms with Gasteiger partial charge in [0.25, 0.3) is 0 Å². The molecule has 72 valence electrons. The van der Waals surface area contributed by atoms with Crippen LogP contribution >= 0.6 is 11.8 Å². The van der Waals surface area contributed by atoms with E-state index in [4.69, 9.17) is 4.74 Å². The molecule has 0 radical (unpaired) electrons. The summed E-state index contributed by atoms with van der Waals surface area (Å²) in [5.74, 6) is 0.530. The van der Waals surface area contributed by atoms with Gasteiger partial charge in [-0.15, -0.1) is 0 Å². The van der Waals surface area contributed by atoms with Crippen LogP contribution in [0.4, 0.5) is 5.95 Å². The van der Waals surface area contributed by atoms with Crippen molar-refractivity contribution in [3.63, 3.8) is 0 Å². The summed E-state index contributed by atoms with van der Waals surface area (Å²) in [7, 11) is 1.76. The lowest BCUT2D eigenvalue weighted by Crippen LogP contribution is -2.04. The van der Waals surface area contributed by atoms with Gasteiger partial charge in [-0.1, -0.05) is 11.8 Å². The molecule has 1 heterocycles. The standard InChI is InChI=1S/C7H12N4OS/c1-4-12-6-9-5(8-2)10-7(11-6)13-3/h4H2,1-3H3,(H,8,9,10,11). The number of ether oxygens (including phenoxy) is 1. The Morgan fingerprint density at radius 3 is 2.69 bits per heavy atom. The number of nitrogens with zero attached hydrogens (tertiary/aromatic N) is 3. The average molecular weight is 200 g/mol. The minimum absolute atomic E-state index is 0.367. The summed E-state index contributed by atoms with van der Waals surface area (Å²) in [6.07, 6.45) is 1.91. The van der Waals surface area contributed by atoms with Gasteiger partial charge < -0.3 is 10.1 Å². The number of hydrogen-bond donors (Lipinski definition) is 1.